The van der Waals surface area contributed by atoms with Gasteiger partial charge in [-0.05, 0) is 18.9 Å². The predicted molar refractivity (Wildman–Crippen MR) is 88.9 cm³/mol. The van der Waals surface area contributed by atoms with Gasteiger partial charge in [0.2, 0.25) is 0 Å². The number of rotatable bonds is 3. The van der Waals surface area contributed by atoms with Crippen LogP contribution in [0.25, 0.3) is 5.65 Å². The molecule has 3 aromatic rings. The van der Waals surface area contributed by atoms with E-state index in [1.54, 1.807) is 34.8 Å². The minimum atomic E-state index is -0.0552. The maximum absolute atomic E-state index is 12.2. The Morgan fingerprint density at radius 3 is 2.83 bits per heavy atom. The van der Waals surface area contributed by atoms with Gasteiger partial charge in [-0.3, -0.25) is 9.48 Å². The lowest BCUT2D eigenvalue weighted by Crippen LogP contribution is -2.44. The number of aromatic nitrogens is 5. The SMILES string of the molecule is Cn1cc(C(=O)NC2CCN(c3ccn4nccc4n3)CC2)cn1. The van der Waals surface area contributed by atoms with Crippen molar-refractivity contribution in [2.24, 2.45) is 7.05 Å². The topological polar surface area (TPSA) is 80.4 Å². The van der Waals surface area contributed by atoms with Gasteiger partial charge in [-0.2, -0.15) is 10.2 Å². The van der Waals surface area contributed by atoms with Crippen LogP contribution in [0.15, 0.2) is 36.9 Å². The molecule has 1 N–H and O–H groups in total. The third-order valence-electron chi connectivity index (χ3n) is 4.36. The van der Waals surface area contributed by atoms with Crippen molar-refractivity contribution in [2.45, 2.75) is 18.9 Å². The van der Waals surface area contributed by atoms with Crippen LogP contribution >= 0.6 is 0 Å². The quantitative estimate of drug-likeness (QED) is 0.772. The first kappa shape index (κ1) is 14.7. The van der Waals surface area contributed by atoms with Gasteiger partial charge in [0, 0.05) is 44.6 Å². The summed E-state index contributed by atoms with van der Waals surface area (Å²) in [6.45, 7) is 1.74. The molecule has 8 heteroatoms. The second-order valence-corrected chi connectivity index (χ2v) is 6.06. The van der Waals surface area contributed by atoms with Crippen molar-refractivity contribution in [2.75, 3.05) is 18.0 Å². The molecule has 4 rings (SSSR count). The van der Waals surface area contributed by atoms with E-state index in [4.69, 9.17) is 0 Å². The Hall–Kier alpha value is -2.90. The molecule has 1 fully saturated rings. The molecular formula is C16H19N7O. The van der Waals surface area contributed by atoms with E-state index >= 15 is 0 Å². The first-order valence-electron chi connectivity index (χ1n) is 8.04. The average Bonchev–Trinajstić information content (AvgIpc) is 3.23. The maximum Gasteiger partial charge on any atom is 0.254 e. The highest BCUT2D eigenvalue weighted by atomic mass is 16.1. The summed E-state index contributed by atoms with van der Waals surface area (Å²) >= 11 is 0. The lowest BCUT2D eigenvalue weighted by atomic mass is 10.0. The van der Waals surface area contributed by atoms with Crippen molar-refractivity contribution in [1.82, 2.24) is 29.7 Å². The summed E-state index contributed by atoms with van der Waals surface area (Å²) < 4.78 is 3.39. The zero-order valence-corrected chi connectivity index (χ0v) is 13.5. The van der Waals surface area contributed by atoms with Crippen molar-refractivity contribution in [1.29, 1.82) is 0 Å². The van der Waals surface area contributed by atoms with Gasteiger partial charge in [0.25, 0.3) is 5.91 Å². The lowest BCUT2D eigenvalue weighted by Gasteiger charge is -2.33. The predicted octanol–water partition coefficient (Wildman–Crippen LogP) is 0.862. The molecular weight excluding hydrogens is 306 g/mol. The Balaban J connectivity index is 1.37. The fourth-order valence-electron chi connectivity index (χ4n) is 3.04. The molecule has 1 aliphatic heterocycles. The molecule has 0 bridgehead atoms. The number of nitrogens with one attached hydrogen (secondary N) is 1. The number of amides is 1. The Morgan fingerprint density at radius 1 is 1.25 bits per heavy atom. The fraction of sp³-hybridized carbons (Fsp3) is 0.375. The van der Waals surface area contributed by atoms with Gasteiger partial charge in [0.05, 0.1) is 18.0 Å². The molecule has 0 aromatic carbocycles. The third kappa shape index (κ3) is 2.82. The molecule has 8 nitrogen and oxygen atoms in total. The van der Waals surface area contributed by atoms with E-state index < -0.39 is 0 Å². The molecule has 4 heterocycles. The number of aryl methyl sites for hydroxylation is 1. The zero-order chi connectivity index (χ0) is 16.5. The minimum Gasteiger partial charge on any atom is -0.356 e. The van der Waals surface area contributed by atoms with Crippen molar-refractivity contribution >= 4 is 17.4 Å². The van der Waals surface area contributed by atoms with Crippen molar-refractivity contribution in [3.63, 3.8) is 0 Å². The highest BCUT2D eigenvalue weighted by Gasteiger charge is 2.22. The van der Waals surface area contributed by atoms with Crippen LogP contribution in [0.4, 0.5) is 5.82 Å². The Bertz CT molecular complexity index is 860. The summed E-state index contributed by atoms with van der Waals surface area (Å²) in [7, 11) is 1.81. The van der Waals surface area contributed by atoms with E-state index in [9.17, 15) is 4.79 Å². The summed E-state index contributed by atoms with van der Waals surface area (Å²) in [6.07, 6.45) is 8.79. The van der Waals surface area contributed by atoms with Crippen LogP contribution in [0, 0.1) is 0 Å². The van der Waals surface area contributed by atoms with E-state index in [1.165, 1.54) is 0 Å². The molecule has 24 heavy (non-hydrogen) atoms. The van der Waals surface area contributed by atoms with Gasteiger partial charge in [0.15, 0.2) is 5.65 Å². The molecule has 0 aliphatic carbocycles. The van der Waals surface area contributed by atoms with Gasteiger partial charge in [-0.25, -0.2) is 9.50 Å². The van der Waals surface area contributed by atoms with E-state index in [0.717, 1.165) is 37.4 Å². The smallest absolute Gasteiger partial charge is 0.254 e. The monoisotopic (exact) mass is 325 g/mol. The summed E-state index contributed by atoms with van der Waals surface area (Å²) in [5.74, 6) is 0.903. The van der Waals surface area contributed by atoms with E-state index in [0.29, 0.717) is 5.56 Å². The van der Waals surface area contributed by atoms with Gasteiger partial charge in [-0.1, -0.05) is 0 Å². The van der Waals surface area contributed by atoms with Crippen LogP contribution in [0.5, 0.6) is 0 Å². The molecule has 1 aliphatic rings. The molecule has 0 unspecified atom stereocenters. The molecule has 0 atom stereocenters. The summed E-state index contributed by atoms with van der Waals surface area (Å²) in [6, 6.07) is 4.06. The highest BCUT2D eigenvalue weighted by Crippen LogP contribution is 2.18. The van der Waals surface area contributed by atoms with Gasteiger partial charge in [-0.15, -0.1) is 0 Å². The van der Waals surface area contributed by atoms with E-state index in [2.05, 4.69) is 25.4 Å². The molecule has 1 saturated heterocycles. The molecule has 0 saturated carbocycles. The van der Waals surface area contributed by atoms with Crippen LogP contribution in [-0.4, -0.2) is 49.4 Å². The standard InChI is InChI=1S/C16H19N7O/c1-21-11-12(10-18-21)16(24)19-13-3-7-22(8-4-13)14-5-9-23-15(20-14)2-6-17-23/h2,5-6,9-11,13H,3-4,7-8H2,1H3,(H,19,24). The number of fused-ring (bicyclic) bond motifs is 1. The third-order valence-corrected chi connectivity index (χ3v) is 4.36. The second kappa shape index (κ2) is 5.95. The van der Waals surface area contributed by atoms with E-state index in [1.807, 2.05) is 18.3 Å². The molecule has 124 valence electrons. The lowest BCUT2D eigenvalue weighted by molar-refractivity contribution is 0.0931. The number of anilines is 1. The van der Waals surface area contributed by atoms with Gasteiger partial charge >= 0.3 is 0 Å². The summed E-state index contributed by atoms with van der Waals surface area (Å²) in [4.78, 5) is 19.1. The largest absolute Gasteiger partial charge is 0.356 e. The number of carbonyl (C=O) groups is 1. The molecule has 0 spiro atoms. The van der Waals surface area contributed by atoms with Crippen LogP contribution < -0.4 is 10.2 Å². The Labute approximate surface area is 139 Å². The van der Waals surface area contributed by atoms with Crippen LogP contribution in [0.1, 0.15) is 23.2 Å². The Kier molecular flexibility index (Phi) is 3.64. The summed E-state index contributed by atoms with van der Waals surface area (Å²) in [5.41, 5.74) is 1.45. The minimum absolute atomic E-state index is 0.0552. The zero-order valence-electron chi connectivity index (χ0n) is 13.5. The number of hydrogen-bond donors (Lipinski definition) is 1. The number of carbonyl (C=O) groups excluding carboxylic acids is 1. The first-order valence-corrected chi connectivity index (χ1v) is 8.04. The molecule has 0 radical (unpaired) electrons. The second-order valence-electron chi connectivity index (χ2n) is 6.06. The normalized spacial score (nSPS) is 15.8. The summed E-state index contributed by atoms with van der Waals surface area (Å²) in [5, 5.41) is 11.3. The maximum atomic E-state index is 12.2. The Morgan fingerprint density at radius 2 is 2.08 bits per heavy atom. The average molecular weight is 325 g/mol. The van der Waals surface area contributed by atoms with E-state index in [-0.39, 0.29) is 11.9 Å². The number of piperidine rings is 1. The van der Waals surface area contributed by atoms with Crippen molar-refractivity contribution in [3.05, 3.63) is 42.5 Å². The molecule has 3 aromatic heterocycles. The number of nitrogens with zero attached hydrogens (tertiary/aromatic N) is 6. The van der Waals surface area contributed by atoms with Crippen LogP contribution in [0.3, 0.4) is 0 Å². The molecule has 1 amide bonds. The first-order chi connectivity index (χ1) is 11.7. The van der Waals surface area contributed by atoms with Crippen molar-refractivity contribution in [3.8, 4) is 0 Å². The fourth-order valence-corrected chi connectivity index (χ4v) is 3.04. The van der Waals surface area contributed by atoms with Gasteiger partial charge in [0.1, 0.15) is 5.82 Å². The van der Waals surface area contributed by atoms with Crippen LogP contribution in [-0.2, 0) is 7.05 Å². The van der Waals surface area contributed by atoms with Gasteiger partial charge < -0.3 is 10.2 Å². The highest BCUT2D eigenvalue weighted by molar-refractivity contribution is 5.93. The number of hydrogen-bond acceptors (Lipinski definition) is 5. The van der Waals surface area contributed by atoms with Crippen LogP contribution in [0.2, 0.25) is 0 Å². The van der Waals surface area contributed by atoms with Crippen molar-refractivity contribution < 1.29 is 4.79 Å².